The third-order valence-corrected chi connectivity index (χ3v) is 4.51. The van der Waals surface area contributed by atoms with Crippen LogP contribution in [-0.4, -0.2) is 27.6 Å². The number of aromatic nitrogens is 3. The molecule has 0 fully saturated rings. The summed E-state index contributed by atoms with van der Waals surface area (Å²) in [6.45, 7) is 0.358. The molecule has 0 saturated heterocycles. The molecular weight excluding hydrogens is 368 g/mol. The molecule has 29 heavy (non-hydrogen) atoms. The average Bonchev–Trinajstić information content (AvgIpc) is 2.77. The largest absolute Gasteiger partial charge is 0.497 e. The second kappa shape index (κ2) is 7.93. The van der Waals surface area contributed by atoms with Gasteiger partial charge in [-0.05, 0) is 54.1 Å². The predicted molar refractivity (Wildman–Crippen MR) is 110 cm³/mol. The van der Waals surface area contributed by atoms with Gasteiger partial charge in [-0.15, -0.1) is 0 Å². The summed E-state index contributed by atoms with van der Waals surface area (Å²) in [6, 6.07) is 17.6. The lowest BCUT2D eigenvalue weighted by Gasteiger charge is -2.09. The maximum absolute atomic E-state index is 12.6. The lowest BCUT2D eigenvalue weighted by Crippen LogP contribution is -2.21. The Morgan fingerprint density at radius 3 is 2.52 bits per heavy atom. The van der Waals surface area contributed by atoms with Gasteiger partial charge in [0, 0.05) is 17.4 Å². The molecule has 0 bridgehead atoms. The molecule has 0 unspecified atom stereocenters. The molecule has 1 N–H and O–H groups in total. The summed E-state index contributed by atoms with van der Waals surface area (Å²) in [7, 11) is 1.59. The first-order chi connectivity index (χ1) is 14.1. The van der Waals surface area contributed by atoms with E-state index in [1.54, 1.807) is 61.8 Å². The fourth-order valence-electron chi connectivity index (χ4n) is 2.95. The average molecular weight is 386 g/mol. The zero-order valence-corrected chi connectivity index (χ0v) is 15.7. The molecule has 7 heteroatoms. The SMILES string of the molecule is COc1ccc(NC(=O)c2ccc(Cn3cnc4ncccc4c3=O)cc2)cc1. The first-order valence-electron chi connectivity index (χ1n) is 8.98. The summed E-state index contributed by atoms with van der Waals surface area (Å²) in [5.41, 5.74) is 2.38. The molecule has 2 aromatic heterocycles. The van der Waals surface area contributed by atoms with Gasteiger partial charge in [-0.25, -0.2) is 9.97 Å². The van der Waals surface area contributed by atoms with E-state index in [9.17, 15) is 9.59 Å². The van der Waals surface area contributed by atoms with E-state index in [0.29, 0.717) is 28.8 Å². The van der Waals surface area contributed by atoms with E-state index < -0.39 is 0 Å². The van der Waals surface area contributed by atoms with Crippen molar-refractivity contribution in [1.29, 1.82) is 0 Å². The van der Waals surface area contributed by atoms with Gasteiger partial charge in [-0.1, -0.05) is 12.1 Å². The van der Waals surface area contributed by atoms with E-state index in [-0.39, 0.29) is 11.5 Å². The van der Waals surface area contributed by atoms with Crippen LogP contribution in [0.1, 0.15) is 15.9 Å². The number of hydrogen-bond acceptors (Lipinski definition) is 5. The van der Waals surface area contributed by atoms with Crippen molar-refractivity contribution in [1.82, 2.24) is 14.5 Å². The van der Waals surface area contributed by atoms with Crippen LogP contribution in [0.4, 0.5) is 5.69 Å². The Bertz CT molecular complexity index is 1220. The number of pyridine rings is 1. The summed E-state index contributed by atoms with van der Waals surface area (Å²) in [4.78, 5) is 33.3. The van der Waals surface area contributed by atoms with Crippen LogP contribution in [0.5, 0.6) is 5.75 Å². The molecule has 7 nitrogen and oxygen atoms in total. The number of carbonyl (C=O) groups excluding carboxylic acids is 1. The highest BCUT2D eigenvalue weighted by Gasteiger charge is 2.08. The maximum atomic E-state index is 12.6. The third-order valence-electron chi connectivity index (χ3n) is 4.51. The number of ether oxygens (including phenoxy) is 1. The Labute approximate surface area is 166 Å². The van der Waals surface area contributed by atoms with E-state index in [1.165, 1.54) is 10.9 Å². The Kier molecular flexibility index (Phi) is 5.03. The van der Waals surface area contributed by atoms with Crippen molar-refractivity contribution in [3.8, 4) is 5.75 Å². The number of amides is 1. The fraction of sp³-hybridized carbons (Fsp3) is 0.0909. The molecule has 0 aliphatic heterocycles. The third kappa shape index (κ3) is 3.98. The minimum Gasteiger partial charge on any atom is -0.497 e. The van der Waals surface area contributed by atoms with Gasteiger partial charge in [-0.2, -0.15) is 0 Å². The molecule has 0 aliphatic rings. The summed E-state index contributed by atoms with van der Waals surface area (Å²) in [6.07, 6.45) is 3.09. The Morgan fingerprint density at radius 2 is 1.79 bits per heavy atom. The molecular formula is C22H18N4O3. The minimum absolute atomic E-state index is 0.149. The minimum atomic E-state index is -0.211. The number of carbonyl (C=O) groups is 1. The smallest absolute Gasteiger partial charge is 0.263 e. The van der Waals surface area contributed by atoms with Gasteiger partial charge in [-0.3, -0.25) is 14.2 Å². The quantitative estimate of drug-likeness (QED) is 0.570. The Hall–Kier alpha value is -4.00. The van der Waals surface area contributed by atoms with Crippen LogP contribution in [0.3, 0.4) is 0 Å². The number of benzene rings is 2. The molecule has 0 spiro atoms. The summed E-state index contributed by atoms with van der Waals surface area (Å²) < 4.78 is 6.63. The van der Waals surface area contributed by atoms with Crippen LogP contribution < -0.4 is 15.6 Å². The molecule has 4 rings (SSSR count). The van der Waals surface area contributed by atoms with Crippen molar-refractivity contribution in [3.63, 3.8) is 0 Å². The van der Waals surface area contributed by atoms with Crippen molar-refractivity contribution < 1.29 is 9.53 Å². The van der Waals surface area contributed by atoms with E-state index >= 15 is 0 Å². The van der Waals surface area contributed by atoms with Crippen LogP contribution in [0, 0.1) is 0 Å². The monoisotopic (exact) mass is 386 g/mol. The van der Waals surface area contributed by atoms with E-state index in [4.69, 9.17) is 4.74 Å². The summed E-state index contributed by atoms with van der Waals surface area (Å²) in [5.74, 6) is 0.513. The number of fused-ring (bicyclic) bond motifs is 1. The van der Waals surface area contributed by atoms with Crippen molar-refractivity contribution in [2.45, 2.75) is 6.54 Å². The fourth-order valence-corrected chi connectivity index (χ4v) is 2.95. The van der Waals surface area contributed by atoms with E-state index in [1.807, 2.05) is 12.1 Å². The standard InChI is InChI=1S/C22H18N4O3/c1-29-18-10-8-17(9-11-18)25-21(27)16-6-4-15(5-7-16)13-26-14-24-20-19(22(26)28)3-2-12-23-20/h2-12,14H,13H2,1H3,(H,25,27). The molecule has 0 aliphatic carbocycles. The van der Waals surface area contributed by atoms with Crippen molar-refractivity contribution in [2.75, 3.05) is 12.4 Å². The number of anilines is 1. The Balaban J connectivity index is 1.48. The zero-order chi connectivity index (χ0) is 20.2. The van der Waals surface area contributed by atoms with E-state index in [0.717, 1.165) is 11.3 Å². The van der Waals surface area contributed by atoms with Crippen LogP contribution in [0.15, 0.2) is 78.0 Å². The van der Waals surface area contributed by atoms with Gasteiger partial charge in [0.2, 0.25) is 0 Å². The number of nitrogens with one attached hydrogen (secondary N) is 1. The normalized spacial score (nSPS) is 10.7. The summed E-state index contributed by atoms with van der Waals surface area (Å²) >= 11 is 0. The van der Waals surface area contributed by atoms with Gasteiger partial charge in [0.1, 0.15) is 12.1 Å². The topological polar surface area (TPSA) is 86.1 Å². The molecule has 4 aromatic rings. The van der Waals surface area contributed by atoms with Crippen molar-refractivity contribution in [3.05, 3.63) is 94.7 Å². The maximum Gasteiger partial charge on any atom is 0.263 e. The highest BCUT2D eigenvalue weighted by atomic mass is 16.5. The lowest BCUT2D eigenvalue weighted by molar-refractivity contribution is 0.102. The van der Waals surface area contributed by atoms with Gasteiger partial charge >= 0.3 is 0 Å². The molecule has 0 radical (unpaired) electrons. The van der Waals surface area contributed by atoms with Gasteiger partial charge in [0.05, 0.1) is 19.0 Å². The predicted octanol–water partition coefficient (Wildman–Crippen LogP) is 3.10. The van der Waals surface area contributed by atoms with Gasteiger partial charge in [0.15, 0.2) is 5.65 Å². The Morgan fingerprint density at radius 1 is 1.03 bits per heavy atom. The molecule has 2 heterocycles. The van der Waals surface area contributed by atoms with Crippen LogP contribution in [-0.2, 0) is 6.54 Å². The van der Waals surface area contributed by atoms with Gasteiger partial charge in [0.25, 0.3) is 11.5 Å². The lowest BCUT2D eigenvalue weighted by atomic mass is 10.1. The number of nitrogens with zero attached hydrogens (tertiary/aromatic N) is 3. The van der Waals surface area contributed by atoms with Crippen molar-refractivity contribution >= 4 is 22.6 Å². The second-order valence-corrected chi connectivity index (χ2v) is 6.43. The van der Waals surface area contributed by atoms with Crippen molar-refractivity contribution in [2.24, 2.45) is 0 Å². The first kappa shape index (κ1) is 18.4. The molecule has 144 valence electrons. The van der Waals surface area contributed by atoms with Gasteiger partial charge < -0.3 is 10.1 Å². The number of hydrogen-bond donors (Lipinski definition) is 1. The highest BCUT2D eigenvalue weighted by molar-refractivity contribution is 6.04. The second-order valence-electron chi connectivity index (χ2n) is 6.43. The summed E-state index contributed by atoms with van der Waals surface area (Å²) in [5, 5.41) is 3.32. The van der Waals surface area contributed by atoms with Crippen LogP contribution >= 0.6 is 0 Å². The zero-order valence-electron chi connectivity index (χ0n) is 15.7. The highest BCUT2D eigenvalue weighted by Crippen LogP contribution is 2.16. The van der Waals surface area contributed by atoms with Crippen LogP contribution in [0.2, 0.25) is 0 Å². The first-order valence-corrected chi connectivity index (χ1v) is 8.98. The van der Waals surface area contributed by atoms with E-state index in [2.05, 4.69) is 15.3 Å². The molecule has 2 aromatic carbocycles. The number of methoxy groups -OCH3 is 1. The number of rotatable bonds is 5. The molecule has 0 atom stereocenters. The molecule has 1 amide bonds. The van der Waals surface area contributed by atoms with Crippen LogP contribution in [0.25, 0.3) is 11.0 Å². The molecule has 0 saturated carbocycles.